The number of nitrogens with one attached hydrogen (secondary N) is 1. The number of esters is 1. The van der Waals surface area contributed by atoms with Crippen molar-refractivity contribution in [3.8, 4) is 11.4 Å². The van der Waals surface area contributed by atoms with Crippen molar-refractivity contribution in [1.82, 2.24) is 8.87 Å². The first-order valence-electron chi connectivity index (χ1n) is 10.4. The quantitative estimate of drug-likeness (QED) is 0.491. The Hall–Kier alpha value is -3.63. The highest BCUT2D eigenvalue weighted by Gasteiger charge is 2.20. The molecule has 0 saturated heterocycles. The maximum absolute atomic E-state index is 12.4. The van der Waals surface area contributed by atoms with E-state index in [1.54, 1.807) is 24.3 Å². The second-order valence-corrected chi connectivity index (χ2v) is 9.92. The van der Waals surface area contributed by atoms with Crippen molar-refractivity contribution in [2.45, 2.75) is 18.7 Å². The van der Waals surface area contributed by atoms with Gasteiger partial charge in [0.25, 0.3) is 5.91 Å². The van der Waals surface area contributed by atoms with Crippen LogP contribution in [-0.4, -0.2) is 57.0 Å². The van der Waals surface area contributed by atoms with E-state index in [2.05, 4.69) is 9.88 Å². The van der Waals surface area contributed by atoms with Crippen LogP contribution in [0.1, 0.15) is 21.7 Å². The zero-order chi connectivity index (χ0) is 25.0. The van der Waals surface area contributed by atoms with E-state index < -0.39 is 28.5 Å². The number of benzene rings is 2. The number of rotatable bonds is 8. The Morgan fingerprint density at radius 3 is 2.15 bits per heavy atom. The normalized spacial score (nSPS) is 11.4. The number of hydrogen-bond acceptors (Lipinski definition) is 6. The molecule has 0 fully saturated rings. The zero-order valence-electron chi connectivity index (χ0n) is 19.7. The molecule has 3 aromatic rings. The number of hydrogen-bond donors (Lipinski definition) is 1. The number of ether oxygens (including phenoxy) is 2. The molecule has 1 aromatic heterocycles. The van der Waals surface area contributed by atoms with E-state index in [0.29, 0.717) is 5.56 Å². The van der Waals surface area contributed by atoms with Crippen molar-refractivity contribution in [2.75, 3.05) is 33.1 Å². The van der Waals surface area contributed by atoms with Crippen LogP contribution in [-0.2, 0) is 19.6 Å². The molecule has 180 valence electrons. The van der Waals surface area contributed by atoms with E-state index in [1.165, 1.54) is 39.4 Å². The Balaban J connectivity index is 1.66. The maximum atomic E-state index is 12.4. The van der Waals surface area contributed by atoms with Gasteiger partial charge in [0.1, 0.15) is 5.75 Å². The number of aryl methyl sites for hydroxylation is 2. The van der Waals surface area contributed by atoms with Crippen LogP contribution in [0, 0.1) is 13.8 Å². The van der Waals surface area contributed by atoms with Gasteiger partial charge in [-0.2, -0.15) is 0 Å². The highest BCUT2D eigenvalue weighted by Crippen LogP contribution is 2.28. The number of nitrogens with zero attached hydrogens (tertiary/aromatic N) is 2. The minimum Gasteiger partial charge on any atom is -0.495 e. The molecular formula is C24H27N3O6S. The summed E-state index contributed by atoms with van der Waals surface area (Å²) in [4.78, 5) is 24.8. The molecule has 0 aliphatic carbocycles. The van der Waals surface area contributed by atoms with Gasteiger partial charge in [0.05, 0.1) is 23.3 Å². The van der Waals surface area contributed by atoms with Crippen molar-refractivity contribution < 1.29 is 27.5 Å². The second-order valence-electron chi connectivity index (χ2n) is 7.77. The Bertz CT molecular complexity index is 1290. The van der Waals surface area contributed by atoms with Crippen LogP contribution >= 0.6 is 0 Å². The summed E-state index contributed by atoms with van der Waals surface area (Å²) < 4.78 is 38.2. The third-order valence-electron chi connectivity index (χ3n) is 5.19. The van der Waals surface area contributed by atoms with Gasteiger partial charge in [0.15, 0.2) is 6.61 Å². The lowest BCUT2D eigenvalue weighted by molar-refractivity contribution is -0.119. The molecule has 0 unspecified atom stereocenters. The molecule has 2 aromatic carbocycles. The molecule has 34 heavy (non-hydrogen) atoms. The van der Waals surface area contributed by atoms with Crippen molar-refractivity contribution in [3.05, 3.63) is 71.5 Å². The first kappa shape index (κ1) is 25.0. The number of anilines is 1. The number of sulfonamides is 1. The topological polar surface area (TPSA) is 107 Å². The van der Waals surface area contributed by atoms with Gasteiger partial charge in [-0.25, -0.2) is 17.5 Å². The van der Waals surface area contributed by atoms with Crippen LogP contribution in [0.25, 0.3) is 5.69 Å². The molecule has 0 radical (unpaired) electrons. The Morgan fingerprint density at radius 2 is 1.59 bits per heavy atom. The van der Waals surface area contributed by atoms with Crippen molar-refractivity contribution in [1.29, 1.82) is 0 Å². The Morgan fingerprint density at radius 1 is 0.971 bits per heavy atom. The highest BCUT2D eigenvalue weighted by molar-refractivity contribution is 7.89. The second kappa shape index (κ2) is 10.1. The van der Waals surface area contributed by atoms with E-state index in [9.17, 15) is 18.0 Å². The van der Waals surface area contributed by atoms with Crippen LogP contribution in [0.4, 0.5) is 5.69 Å². The van der Waals surface area contributed by atoms with Crippen molar-refractivity contribution in [2.24, 2.45) is 0 Å². The summed E-state index contributed by atoms with van der Waals surface area (Å²) in [6.45, 7) is 3.44. The van der Waals surface area contributed by atoms with Gasteiger partial charge in [-0.15, -0.1) is 0 Å². The molecule has 0 atom stereocenters. The third kappa shape index (κ3) is 5.29. The highest BCUT2D eigenvalue weighted by atomic mass is 32.2. The summed E-state index contributed by atoms with van der Waals surface area (Å²) >= 11 is 0. The number of methoxy groups -OCH3 is 1. The smallest absolute Gasteiger partial charge is 0.338 e. The predicted octanol–water partition coefficient (Wildman–Crippen LogP) is 3.15. The minimum absolute atomic E-state index is 0.0150. The Kier molecular flexibility index (Phi) is 7.43. The third-order valence-corrected chi connectivity index (χ3v) is 7.00. The fourth-order valence-corrected chi connectivity index (χ4v) is 4.31. The standard InChI is InChI=1S/C24H27N3O6S/c1-16-6-7-17(2)27(16)19-10-8-18(9-11-19)24(29)33-15-23(28)25-21-14-20(12-13-22(21)32-5)34(30,31)26(3)4/h6-14H,15H2,1-5H3,(H,25,28). The molecule has 10 heteroatoms. The first-order chi connectivity index (χ1) is 16.0. The lowest BCUT2D eigenvalue weighted by Gasteiger charge is -2.15. The molecule has 0 bridgehead atoms. The molecule has 9 nitrogen and oxygen atoms in total. The largest absolute Gasteiger partial charge is 0.495 e. The van der Waals surface area contributed by atoms with E-state index in [0.717, 1.165) is 21.4 Å². The lowest BCUT2D eigenvalue weighted by atomic mass is 10.2. The molecular weight excluding hydrogens is 458 g/mol. The van der Waals surface area contributed by atoms with Crippen LogP contribution in [0.15, 0.2) is 59.5 Å². The fourth-order valence-electron chi connectivity index (χ4n) is 3.38. The average Bonchev–Trinajstić information content (AvgIpc) is 3.15. The van der Waals surface area contributed by atoms with E-state index in [4.69, 9.17) is 9.47 Å². The van der Waals surface area contributed by atoms with Gasteiger partial charge in [-0.3, -0.25) is 4.79 Å². The molecule has 1 N–H and O–H groups in total. The summed E-state index contributed by atoms with van der Waals surface area (Å²) in [6.07, 6.45) is 0. The van der Waals surface area contributed by atoms with Gasteiger partial charge in [-0.05, 0) is 68.4 Å². The van der Waals surface area contributed by atoms with Gasteiger partial charge in [0, 0.05) is 31.2 Å². The van der Waals surface area contributed by atoms with E-state index in [-0.39, 0.29) is 16.3 Å². The Labute approximate surface area is 199 Å². The van der Waals surface area contributed by atoms with Crippen LogP contribution in [0.5, 0.6) is 5.75 Å². The average molecular weight is 486 g/mol. The molecule has 1 heterocycles. The number of carbonyl (C=O) groups is 2. The summed E-state index contributed by atoms with van der Waals surface area (Å²) in [5.41, 5.74) is 3.50. The summed E-state index contributed by atoms with van der Waals surface area (Å²) in [7, 11) is 0.501. The number of aromatic nitrogens is 1. The van der Waals surface area contributed by atoms with Crippen molar-refractivity contribution >= 4 is 27.6 Å². The molecule has 3 rings (SSSR count). The van der Waals surface area contributed by atoms with E-state index in [1.807, 2.05) is 26.0 Å². The summed E-state index contributed by atoms with van der Waals surface area (Å²) in [5.74, 6) is -1.02. The number of carbonyl (C=O) groups excluding carboxylic acids is 2. The molecule has 0 aliphatic rings. The zero-order valence-corrected chi connectivity index (χ0v) is 20.5. The number of amides is 1. The molecule has 0 saturated carbocycles. The predicted molar refractivity (Wildman–Crippen MR) is 128 cm³/mol. The fraction of sp³-hybridized carbons (Fsp3) is 0.250. The monoisotopic (exact) mass is 485 g/mol. The lowest BCUT2D eigenvalue weighted by Crippen LogP contribution is -2.23. The first-order valence-corrected chi connectivity index (χ1v) is 11.8. The van der Waals surface area contributed by atoms with Gasteiger partial charge in [0.2, 0.25) is 10.0 Å². The van der Waals surface area contributed by atoms with Gasteiger partial charge in [-0.1, -0.05) is 0 Å². The van der Waals surface area contributed by atoms with Gasteiger partial charge >= 0.3 is 5.97 Å². The van der Waals surface area contributed by atoms with Gasteiger partial charge < -0.3 is 19.4 Å². The SMILES string of the molecule is COc1ccc(S(=O)(=O)N(C)C)cc1NC(=O)COC(=O)c1ccc(-n2c(C)ccc2C)cc1. The molecule has 1 amide bonds. The maximum Gasteiger partial charge on any atom is 0.338 e. The van der Waals surface area contributed by atoms with Crippen LogP contribution in [0.3, 0.4) is 0 Å². The van der Waals surface area contributed by atoms with Crippen LogP contribution in [0.2, 0.25) is 0 Å². The van der Waals surface area contributed by atoms with E-state index >= 15 is 0 Å². The summed E-state index contributed by atoms with van der Waals surface area (Å²) in [6, 6.07) is 15.0. The molecule has 0 aliphatic heterocycles. The molecule has 0 spiro atoms. The van der Waals surface area contributed by atoms with Crippen LogP contribution < -0.4 is 10.1 Å². The summed E-state index contributed by atoms with van der Waals surface area (Å²) in [5, 5.41) is 2.53. The van der Waals surface area contributed by atoms with Crippen molar-refractivity contribution in [3.63, 3.8) is 0 Å². The minimum atomic E-state index is -3.71.